The lowest BCUT2D eigenvalue weighted by molar-refractivity contribution is 0.0593. The molecule has 1 aliphatic heterocycles. The van der Waals surface area contributed by atoms with Crippen molar-refractivity contribution in [2.75, 3.05) is 18.6 Å². The van der Waals surface area contributed by atoms with Crippen molar-refractivity contribution in [3.05, 3.63) is 65.6 Å². The van der Waals surface area contributed by atoms with Gasteiger partial charge in [0.15, 0.2) is 11.5 Å². The van der Waals surface area contributed by atoms with Gasteiger partial charge in [0.25, 0.3) is 0 Å². The quantitative estimate of drug-likeness (QED) is 0.629. The number of carbonyl (C=O) groups is 1. The molecule has 3 heterocycles. The summed E-state index contributed by atoms with van der Waals surface area (Å²) in [6.07, 6.45) is 4.84. The van der Waals surface area contributed by atoms with Gasteiger partial charge in [-0.05, 0) is 18.9 Å². The van der Waals surface area contributed by atoms with Crippen molar-refractivity contribution in [1.29, 1.82) is 0 Å². The van der Waals surface area contributed by atoms with Crippen molar-refractivity contribution in [3.63, 3.8) is 0 Å². The lowest BCUT2D eigenvalue weighted by atomic mass is 10.1. The van der Waals surface area contributed by atoms with Crippen molar-refractivity contribution in [2.24, 2.45) is 0 Å². The molecule has 1 aromatic carbocycles. The molecule has 0 fully saturated rings. The van der Waals surface area contributed by atoms with Crippen LogP contribution in [0.5, 0.6) is 0 Å². The fraction of sp³-hybridized carbons (Fsp3) is 0.350. The molecule has 8 nitrogen and oxygen atoms in total. The molecular weight excluding hydrogens is 356 g/mol. The maximum atomic E-state index is 11.5. The van der Waals surface area contributed by atoms with Crippen molar-refractivity contribution >= 4 is 11.8 Å². The van der Waals surface area contributed by atoms with Gasteiger partial charge in [-0.3, -0.25) is 0 Å². The molecule has 1 atom stereocenters. The van der Waals surface area contributed by atoms with Gasteiger partial charge in [-0.15, -0.1) is 10.2 Å². The average Bonchev–Trinajstić information content (AvgIpc) is 3.16. The van der Waals surface area contributed by atoms with Crippen LogP contribution in [-0.2, 0) is 24.1 Å². The highest BCUT2D eigenvalue weighted by atomic mass is 16.5. The number of rotatable bonds is 5. The molecule has 0 saturated heterocycles. The molecule has 0 N–H and O–H groups in total. The number of fused-ring (bicyclic) bond motifs is 1. The zero-order chi connectivity index (χ0) is 19.5. The largest absolute Gasteiger partial charge is 0.464 e. The number of esters is 1. The van der Waals surface area contributed by atoms with Crippen LogP contribution in [0.25, 0.3) is 0 Å². The Labute approximate surface area is 163 Å². The Morgan fingerprint density at radius 2 is 1.96 bits per heavy atom. The first kappa shape index (κ1) is 18.1. The Kier molecular flexibility index (Phi) is 5.01. The molecule has 0 radical (unpaired) electrons. The minimum Gasteiger partial charge on any atom is -0.464 e. The topological polar surface area (TPSA) is 86.0 Å². The molecule has 28 heavy (non-hydrogen) atoms. The van der Waals surface area contributed by atoms with Crippen LogP contribution < -0.4 is 4.90 Å². The first-order chi connectivity index (χ1) is 13.7. The molecule has 1 aliphatic rings. The highest BCUT2D eigenvalue weighted by Gasteiger charge is 2.27. The van der Waals surface area contributed by atoms with Crippen LogP contribution in [0.15, 0.2) is 42.7 Å². The van der Waals surface area contributed by atoms with Crippen LogP contribution in [0.1, 0.15) is 40.7 Å². The highest BCUT2D eigenvalue weighted by Crippen LogP contribution is 2.25. The molecule has 0 spiro atoms. The Hall–Kier alpha value is -3.29. The standard InChI is InChI=1S/C20H22N6O2/c1-14-12-25(18-11-21-16(10-22-18)20(27)28-2)13-19-24-23-17(26(14)19)9-8-15-6-4-3-5-7-15/h3-7,10-11,14H,8-9,12-13H2,1-2H3/t14-/m0/s1. The molecule has 0 amide bonds. The van der Waals surface area contributed by atoms with E-state index in [1.807, 2.05) is 6.07 Å². The smallest absolute Gasteiger partial charge is 0.358 e. The first-order valence-electron chi connectivity index (χ1n) is 9.27. The second-order valence-corrected chi connectivity index (χ2v) is 6.87. The SMILES string of the molecule is COC(=O)c1cnc(N2Cc3nnc(CCc4ccccc4)n3[C@@H](C)C2)cn1. The molecule has 0 unspecified atom stereocenters. The molecule has 0 bridgehead atoms. The predicted molar refractivity (Wildman–Crippen MR) is 103 cm³/mol. The number of hydrogen-bond acceptors (Lipinski definition) is 7. The Morgan fingerprint density at radius 3 is 2.68 bits per heavy atom. The predicted octanol–water partition coefficient (Wildman–Crippen LogP) is 2.22. The highest BCUT2D eigenvalue weighted by molar-refractivity contribution is 5.86. The van der Waals surface area contributed by atoms with Crippen LogP contribution in [0.4, 0.5) is 5.82 Å². The van der Waals surface area contributed by atoms with Gasteiger partial charge >= 0.3 is 5.97 Å². The second kappa shape index (κ2) is 7.75. The van der Waals surface area contributed by atoms with Gasteiger partial charge in [-0.2, -0.15) is 0 Å². The average molecular weight is 378 g/mol. The fourth-order valence-corrected chi connectivity index (χ4v) is 3.55. The summed E-state index contributed by atoms with van der Waals surface area (Å²) < 4.78 is 6.90. The molecule has 0 saturated carbocycles. The summed E-state index contributed by atoms with van der Waals surface area (Å²) in [5, 5.41) is 8.83. The van der Waals surface area contributed by atoms with E-state index in [1.165, 1.54) is 18.9 Å². The van der Waals surface area contributed by atoms with Gasteiger partial charge in [0, 0.05) is 13.0 Å². The summed E-state index contributed by atoms with van der Waals surface area (Å²) in [6.45, 7) is 3.53. The summed E-state index contributed by atoms with van der Waals surface area (Å²) in [5.41, 5.74) is 1.49. The first-order valence-corrected chi connectivity index (χ1v) is 9.27. The number of carbonyl (C=O) groups excluding carboxylic acids is 1. The van der Waals surface area contributed by atoms with Gasteiger partial charge in [0.2, 0.25) is 0 Å². The van der Waals surface area contributed by atoms with E-state index in [1.54, 1.807) is 6.20 Å². The fourth-order valence-electron chi connectivity index (χ4n) is 3.55. The third kappa shape index (κ3) is 3.58. The Balaban J connectivity index is 1.48. The third-order valence-electron chi connectivity index (χ3n) is 4.93. The molecule has 8 heteroatoms. The van der Waals surface area contributed by atoms with E-state index in [9.17, 15) is 4.79 Å². The zero-order valence-electron chi connectivity index (χ0n) is 15.9. The molecule has 3 aromatic rings. The monoisotopic (exact) mass is 378 g/mol. The maximum absolute atomic E-state index is 11.5. The number of aryl methyl sites for hydroxylation is 2. The summed E-state index contributed by atoms with van der Waals surface area (Å²) in [7, 11) is 1.33. The molecule has 144 valence electrons. The minimum absolute atomic E-state index is 0.197. The summed E-state index contributed by atoms with van der Waals surface area (Å²) >= 11 is 0. The number of aromatic nitrogens is 5. The van der Waals surface area contributed by atoms with Crippen LogP contribution in [-0.4, -0.2) is 44.4 Å². The second-order valence-electron chi connectivity index (χ2n) is 6.87. The van der Waals surface area contributed by atoms with Crippen LogP contribution in [0.3, 0.4) is 0 Å². The summed E-state index contributed by atoms with van der Waals surface area (Å²) in [4.78, 5) is 22.1. The zero-order valence-corrected chi connectivity index (χ0v) is 15.9. The van der Waals surface area contributed by atoms with Gasteiger partial charge in [0.1, 0.15) is 11.6 Å². The molecular formula is C20H22N6O2. The van der Waals surface area contributed by atoms with E-state index in [0.717, 1.165) is 31.0 Å². The van der Waals surface area contributed by atoms with E-state index in [0.29, 0.717) is 12.4 Å². The lowest BCUT2D eigenvalue weighted by Gasteiger charge is -2.33. The number of ether oxygens (including phenoxy) is 1. The van der Waals surface area contributed by atoms with Gasteiger partial charge in [0.05, 0.1) is 32.1 Å². The van der Waals surface area contributed by atoms with Crippen molar-refractivity contribution in [2.45, 2.75) is 32.4 Å². The van der Waals surface area contributed by atoms with Crippen LogP contribution in [0.2, 0.25) is 0 Å². The normalized spacial score (nSPS) is 15.9. The number of nitrogens with zero attached hydrogens (tertiary/aromatic N) is 6. The molecule has 2 aromatic heterocycles. The van der Waals surface area contributed by atoms with Crippen molar-refractivity contribution in [1.82, 2.24) is 24.7 Å². The number of anilines is 1. The van der Waals surface area contributed by atoms with E-state index in [4.69, 9.17) is 0 Å². The van der Waals surface area contributed by atoms with Gasteiger partial charge < -0.3 is 14.2 Å². The van der Waals surface area contributed by atoms with E-state index in [-0.39, 0.29) is 11.7 Å². The number of benzene rings is 1. The summed E-state index contributed by atoms with van der Waals surface area (Å²) in [6, 6.07) is 10.6. The number of hydrogen-bond donors (Lipinski definition) is 0. The van der Waals surface area contributed by atoms with Gasteiger partial charge in [-0.25, -0.2) is 14.8 Å². The van der Waals surface area contributed by atoms with Gasteiger partial charge in [-0.1, -0.05) is 30.3 Å². The Morgan fingerprint density at radius 1 is 1.14 bits per heavy atom. The lowest BCUT2D eigenvalue weighted by Crippen LogP contribution is -2.37. The molecule has 4 rings (SSSR count). The van der Waals surface area contributed by atoms with Crippen LogP contribution >= 0.6 is 0 Å². The van der Waals surface area contributed by atoms with Crippen molar-refractivity contribution in [3.8, 4) is 0 Å². The third-order valence-corrected chi connectivity index (χ3v) is 4.93. The Bertz CT molecular complexity index is 955. The maximum Gasteiger partial charge on any atom is 0.358 e. The van der Waals surface area contributed by atoms with Crippen LogP contribution in [0, 0.1) is 0 Å². The van der Waals surface area contributed by atoms with E-state index in [2.05, 4.69) is 65.6 Å². The minimum atomic E-state index is -0.492. The van der Waals surface area contributed by atoms with E-state index >= 15 is 0 Å². The van der Waals surface area contributed by atoms with Crippen molar-refractivity contribution < 1.29 is 9.53 Å². The molecule has 0 aliphatic carbocycles. The summed E-state index contributed by atoms with van der Waals surface area (Å²) in [5.74, 6) is 2.15. The number of methoxy groups -OCH3 is 1. The van der Waals surface area contributed by atoms with E-state index < -0.39 is 5.97 Å².